The zero-order valence-electron chi connectivity index (χ0n) is 8.03. The van der Waals surface area contributed by atoms with E-state index in [0.717, 1.165) is 28.1 Å². The van der Waals surface area contributed by atoms with Gasteiger partial charge in [-0.15, -0.1) is 0 Å². The van der Waals surface area contributed by atoms with E-state index in [4.69, 9.17) is 0 Å². The highest BCUT2D eigenvalue weighted by Gasteiger charge is 2.01. The monoisotopic (exact) mass is 263 g/mol. The number of allylic oxidation sites excluding steroid dienone is 1. The van der Waals surface area contributed by atoms with E-state index in [1.165, 1.54) is 0 Å². The molecule has 3 heteroatoms. The average molecular weight is 264 g/mol. The molecule has 0 aliphatic heterocycles. The van der Waals surface area contributed by atoms with Gasteiger partial charge in [0.1, 0.15) is 0 Å². The van der Waals surface area contributed by atoms with Gasteiger partial charge in [0.15, 0.2) is 6.29 Å². The Balaban J connectivity index is 2.52. The molecule has 1 N–H and O–H groups in total. The molecule has 1 heterocycles. The van der Waals surface area contributed by atoms with Crippen molar-refractivity contribution in [3.05, 3.63) is 41.6 Å². The third-order valence-corrected chi connectivity index (χ3v) is 2.64. The first-order chi connectivity index (χ1) is 7.35. The molecule has 0 saturated carbocycles. The molecule has 0 spiro atoms. The molecule has 0 unspecified atom stereocenters. The predicted octanol–water partition coefficient (Wildman–Crippen LogP) is 3.39. The summed E-state index contributed by atoms with van der Waals surface area (Å²) in [5.74, 6) is 0. The molecule has 0 saturated heterocycles. The highest BCUT2D eigenvalue weighted by Crippen LogP contribution is 2.19. The maximum atomic E-state index is 10.8. The molecule has 2 nitrogen and oxygen atoms in total. The summed E-state index contributed by atoms with van der Waals surface area (Å²) in [5.41, 5.74) is 2.80. The quantitative estimate of drug-likeness (QED) is 0.669. The molecule has 76 valence electrons. The van der Waals surface area contributed by atoms with Gasteiger partial charge in [-0.05, 0) is 17.7 Å². The number of nitrogens with one attached hydrogen (secondary N) is 1. The Labute approximate surface area is 96.1 Å². The van der Waals surface area contributed by atoms with Crippen molar-refractivity contribution in [2.24, 2.45) is 0 Å². The number of aldehydes is 1. The summed E-state index contributed by atoms with van der Waals surface area (Å²) in [6.45, 7) is 0. The van der Waals surface area contributed by atoms with Gasteiger partial charge in [-0.3, -0.25) is 4.79 Å². The molecule has 0 atom stereocenters. The molecule has 0 bridgehead atoms. The number of hydrogen-bond donors (Lipinski definition) is 1. The van der Waals surface area contributed by atoms with E-state index in [1.807, 2.05) is 30.4 Å². The van der Waals surface area contributed by atoms with Crippen molar-refractivity contribution in [1.82, 2.24) is 4.98 Å². The number of carbonyl (C=O) groups is 1. The molecule has 2 aromatic rings. The van der Waals surface area contributed by atoms with Crippen molar-refractivity contribution < 1.29 is 4.79 Å². The van der Waals surface area contributed by atoms with E-state index in [-0.39, 0.29) is 0 Å². The maximum Gasteiger partial charge on any atom is 0.152 e. The molecule has 1 aromatic carbocycles. The fraction of sp³-hybridized carbons (Fsp3) is 0.0833. The highest BCUT2D eigenvalue weighted by atomic mass is 79.9. The van der Waals surface area contributed by atoms with Crippen LogP contribution in [0.1, 0.15) is 15.9 Å². The van der Waals surface area contributed by atoms with Crippen molar-refractivity contribution in [2.75, 3.05) is 5.33 Å². The van der Waals surface area contributed by atoms with Crippen LogP contribution in [0.4, 0.5) is 0 Å². The van der Waals surface area contributed by atoms with E-state index in [2.05, 4.69) is 20.9 Å². The third-order valence-electron chi connectivity index (χ3n) is 2.26. The first-order valence-corrected chi connectivity index (χ1v) is 5.76. The Morgan fingerprint density at radius 3 is 3.00 bits per heavy atom. The third kappa shape index (κ3) is 2.02. The molecule has 15 heavy (non-hydrogen) atoms. The summed E-state index contributed by atoms with van der Waals surface area (Å²) in [5, 5.41) is 1.81. The van der Waals surface area contributed by atoms with Crippen molar-refractivity contribution in [2.45, 2.75) is 0 Å². The summed E-state index contributed by atoms with van der Waals surface area (Å²) in [6.07, 6.45) is 6.65. The smallest absolute Gasteiger partial charge is 0.152 e. The number of fused-ring (bicyclic) bond motifs is 1. The molecule has 0 aliphatic carbocycles. The number of halogens is 1. The largest absolute Gasteiger partial charge is 0.360 e. The van der Waals surface area contributed by atoms with E-state index in [9.17, 15) is 4.79 Å². The minimum Gasteiger partial charge on any atom is -0.360 e. The number of carbonyl (C=O) groups excluding carboxylic acids is 1. The normalized spacial score (nSPS) is 11.3. The van der Waals surface area contributed by atoms with Gasteiger partial charge in [-0.2, -0.15) is 0 Å². The lowest BCUT2D eigenvalue weighted by Gasteiger charge is -1.94. The number of rotatable bonds is 3. The summed E-state index contributed by atoms with van der Waals surface area (Å²) < 4.78 is 0. The summed E-state index contributed by atoms with van der Waals surface area (Å²) in [6, 6.07) is 6.01. The van der Waals surface area contributed by atoms with Gasteiger partial charge >= 0.3 is 0 Å². The number of hydrogen-bond acceptors (Lipinski definition) is 1. The Morgan fingerprint density at radius 2 is 2.27 bits per heavy atom. The van der Waals surface area contributed by atoms with Gasteiger partial charge in [0.2, 0.25) is 0 Å². The SMILES string of the molecule is O=Cc1c[nH]c2ccc(C=CCBr)cc12. The zero-order valence-corrected chi connectivity index (χ0v) is 9.62. The van der Waals surface area contributed by atoms with Crippen LogP contribution in [0.15, 0.2) is 30.5 Å². The van der Waals surface area contributed by atoms with Crippen LogP contribution < -0.4 is 0 Å². The van der Waals surface area contributed by atoms with Crippen molar-refractivity contribution >= 4 is 39.2 Å². The number of H-pyrrole nitrogens is 1. The molecule has 0 aliphatic rings. The summed E-state index contributed by atoms with van der Waals surface area (Å²) in [4.78, 5) is 13.8. The summed E-state index contributed by atoms with van der Waals surface area (Å²) >= 11 is 3.33. The van der Waals surface area contributed by atoms with E-state index < -0.39 is 0 Å². The van der Waals surface area contributed by atoms with Gasteiger partial charge < -0.3 is 4.98 Å². The second kappa shape index (κ2) is 4.45. The van der Waals surface area contributed by atoms with Crippen LogP contribution in [0.3, 0.4) is 0 Å². The fourth-order valence-corrected chi connectivity index (χ4v) is 1.73. The molecule has 0 radical (unpaired) electrons. The van der Waals surface area contributed by atoms with Crippen LogP contribution in [-0.2, 0) is 0 Å². The average Bonchev–Trinajstić information content (AvgIpc) is 2.68. The molecule has 1 aromatic heterocycles. The lowest BCUT2D eigenvalue weighted by Crippen LogP contribution is -1.77. The zero-order chi connectivity index (χ0) is 10.7. The van der Waals surface area contributed by atoms with E-state index >= 15 is 0 Å². The number of aromatic amines is 1. The van der Waals surface area contributed by atoms with Crippen LogP contribution in [0, 0.1) is 0 Å². The predicted molar refractivity (Wildman–Crippen MR) is 66.5 cm³/mol. The van der Waals surface area contributed by atoms with E-state index in [0.29, 0.717) is 5.56 Å². The van der Waals surface area contributed by atoms with Crippen LogP contribution in [-0.4, -0.2) is 16.6 Å². The molecule has 0 amide bonds. The van der Waals surface area contributed by atoms with E-state index in [1.54, 1.807) is 6.20 Å². The molecular formula is C12H10BrNO. The van der Waals surface area contributed by atoms with Crippen molar-refractivity contribution in [3.63, 3.8) is 0 Å². The van der Waals surface area contributed by atoms with Gasteiger partial charge in [-0.1, -0.05) is 34.1 Å². The molecule has 0 fully saturated rings. The minimum atomic E-state index is 0.707. The van der Waals surface area contributed by atoms with Crippen molar-refractivity contribution in [1.29, 1.82) is 0 Å². The van der Waals surface area contributed by atoms with Crippen LogP contribution in [0.5, 0.6) is 0 Å². The first-order valence-electron chi connectivity index (χ1n) is 4.64. The van der Waals surface area contributed by atoms with Crippen molar-refractivity contribution in [3.8, 4) is 0 Å². The van der Waals surface area contributed by atoms with Gasteiger partial charge in [0.05, 0.1) is 0 Å². The second-order valence-corrected chi connectivity index (χ2v) is 3.87. The standard InChI is InChI=1S/C12H10BrNO/c13-5-1-2-9-3-4-12-11(6-9)10(8-15)7-14-12/h1-4,6-8,14H,5H2. The summed E-state index contributed by atoms with van der Waals surface area (Å²) in [7, 11) is 0. The minimum absolute atomic E-state index is 0.707. The Bertz CT molecular complexity index is 513. The highest BCUT2D eigenvalue weighted by molar-refractivity contribution is 9.09. The Hall–Kier alpha value is -1.35. The van der Waals surface area contributed by atoms with Gasteiger partial charge in [-0.25, -0.2) is 0 Å². The number of aromatic nitrogens is 1. The Kier molecular flexibility index (Phi) is 3.02. The topological polar surface area (TPSA) is 32.9 Å². The Morgan fingerprint density at radius 1 is 1.40 bits per heavy atom. The van der Waals surface area contributed by atoms with Gasteiger partial charge in [0.25, 0.3) is 0 Å². The fourth-order valence-electron chi connectivity index (χ4n) is 1.54. The lowest BCUT2D eigenvalue weighted by molar-refractivity contribution is 0.112. The molecule has 2 rings (SSSR count). The molecular weight excluding hydrogens is 254 g/mol. The van der Waals surface area contributed by atoms with Crippen LogP contribution in [0.25, 0.3) is 17.0 Å². The second-order valence-electron chi connectivity index (χ2n) is 3.22. The lowest BCUT2D eigenvalue weighted by atomic mass is 10.1. The first kappa shape index (κ1) is 10.2. The number of benzene rings is 1. The van der Waals surface area contributed by atoms with Crippen LogP contribution in [0.2, 0.25) is 0 Å². The maximum absolute atomic E-state index is 10.8. The number of alkyl halides is 1. The van der Waals surface area contributed by atoms with Gasteiger partial charge in [0, 0.05) is 28.0 Å². The van der Waals surface area contributed by atoms with Crippen LogP contribution >= 0.6 is 15.9 Å².